The number of nitrogens with zero attached hydrogens (tertiary/aromatic N) is 24. The Kier molecular flexibility index (Phi) is 26.2. The van der Waals surface area contributed by atoms with Crippen molar-refractivity contribution in [3.8, 4) is 67.5 Å². The van der Waals surface area contributed by atoms with Gasteiger partial charge in [0.1, 0.15) is 11.2 Å². The highest BCUT2D eigenvalue weighted by molar-refractivity contribution is 5.94. The first kappa shape index (κ1) is 91.6. The number of hydrogen-bond acceptors (Lipinski definition) is 18. The average molecular weight is 1830 g/mol. The van der Waals surface area contributed by atoms with Crippen molar-refractivity contribution < 1.29 is 46.2 Å². The molecule has 0 saturated heterocycles. The molecule has 0 aliphatic rings. The molecule has 0 atom stereocenters. The summed E-state index contributed by atoms with van der Waals surface area (Å²) in [6.07, 6.45) is 4.78. The number of aryl methyl sites for hydroxylation is 25. The van der Waals surface area contributed by atoms with E-state index in [4.69, 9.17) is 35.4 Å². The van der Waals surface area contributed by atoms with Crippen molar-refractivity contribution in [1.29, 1.82) is 0 Å². The Morgan fingerprint density at radius 1 is 0.257 bits per heavy atom. The summed E-state index contributed by atoms with van der Waals surface area (Å²) in [5, 5.41) is 4.37. The molecule has 19 rings (SSSR count). The largest absolute Gasteiger partial charge is 0.490 e. The lowest BCUT2D eigenvalue weighted by molar-refractivity contribution is -0.719. The number of fused-ring (bicyclic) bond motifs is 7. The Labute approximate surface area is 798 Å². The van der Waals surface area contributed by atoms with Gasteiger partial charge in [0.2, 0.25) is 0 Å². The van der Waals surface area contributed by atoms with Crippen LogP contribution < -0.4 is 27.5 Å². The van der Waals surface area contributed by atoms with Gasteiger partial charge in [-0.1, -0.05) is 86.6 Å². The summed E-state index contributed by atoms with van der Waals surface area (Å²) in [5.41, 5.74) is 48.2. The van der Waals surface area contributed by atoms with Gasteiger partial charge in [0.25, 0.3) is 65.5 Å². The molecule has 0 saturated carbocycles. The number of rotatable bonds is 6. The van der Waals surface area contributed by atoms with E-state index >= 15 is 0 Å². The van der Waals surface area contributed by atoms with E-state index in [-0.39, 0.29) is 23.2 Å². The third kappa shape index (κ3) is 19.5. The second-order valence-electron chi connectivity index (χ2n) is 36.0. The van der Waals surface area contributed by atoms with Crippen molar-refractivity contribution in [3.63, 3.8) is 0 Å². The fourth-order valence-corrected chi connectivity index (χ4v) is 17.1. The first-order valence-corrected chi connectivity index (χ1v) is 44.9. The van der Waals surface area contributed by atoms with Crippen molar-refractivity contribution in [2.75, 3.05) is 0 Å². The van der Waals surface area contributed by atoms with E-state index < -0.39 is 24.8 Å². The van der Waals surface area contributed by atoms with Crippen LogP contribution in [0.5, 0.6) is 0 Å². The van der Waals surface area contributed by atoms with Gasteiger partial charge in [0, 0.05) is 36.9 Å². The van der Waals surface area contributed by atoms with Crippen LogP contribution in [-0.2, 0) is 42.3 Å². The van der Waals surface area contributed by atoms with Crippen LogP contribution in [0, 0.1) is 205 Å². The second kappa shape index (κ2) is 39.0. The average Bonchev–Trinajstić information content (AvgIpc) is 0.775. The van der Waals surface area contributed by atoms with Crippen LogP contribution in [0.4, 0.5) is 13.2 Å². The Hall–Kier alpha value is -14.9. The fourth-order valence-electron chi connectivity index (χ4n) is 17.1. The van der Waals surface area contributed by atoms with E-state index in [1.165, 1.54) is 96.1 Å². The third-order valence-electron chi connectivity index (χ3n) is 25.6. The number of para-hydroxylation sites is 2. The molecule has 12 heterocycles. The molecule has 0 fully saturated rings. The molecule has 19 aromatic rings. The summed E-state index contributed by atoms with van der Waals surface area (Å²) in [7, 11) is 11.1. The predicted octanol–water partition coefficient (Wildman–Crippen LogP) is 19.0. The van der Waals surface area contributed by atoms with E-state index in [1.807, 2.05) is 180 Å². The molecule has 0 unspecified atom stereocenters. The van der Waals surface area contributed by atoms with Crippen LogP contribution in [0.2, 0.25) is 0 Å². The van der Waals surface area contributed by atoms with Crippen LogP contribution in [0.25, 0.3) is 145 Å². The zero-order valence-corrected chi connectivity index (χ0v) is 83.8. The Bertz CT molecular complexity index is 8020. The molecule has 0 amide bonds. The topological polar surface area (TPSA) is 255 Å². The normalized spacial score (nSPS) is 11.8. The van der Waals surface area contributed by atoms with Gasteiger partial charge in [-0.25, -0.2) is 73.1 Å². The van der Waals surface area contributed by atoms with Crippen molar-refractivity contribution >= 4 is 77.9 Å². The first-order valence-electron chi connectivity index (χ1n) is 46.9. The van der Waals surface area contributed by atoms with E-state index in [0.29, 0.717) is 50.6 Å². The fraction of sp³-hybridized carbons (Fsp3) is 0.303. The maximum Gasteiger partial charge on any atom is 0.490 e. The second-order valence-corrected chi connectivity index (χ2v) is 36.0. The minimum atomic E-state index is -2.36. The highest BCUT2D eigenvalue weighted by Gasteiger charge is 2.32. The van der Waals surface area contributed by atoms with Gasteiger partial charge in [-0.2, -0.15) is 18.3 Å². The summed E-state index contributed by atoms with van der Waals surface area (Å²) in [6, 6.07) is 33.6. The van der Waals surface area contributed by atoms with Gasteiger partial charge in [0.15, 0.2) is 70.0 Å². The summed E-state index contributed by atoms with van der Waals surface area (Å²) in [5.74, 6) is -2.74. The molecule has 7 aromatic carbocycles. The van der Waals surface area contributed by atoms with Gasteiger partial charge in [0.05, 0.1) is 97.4 Å². The van der Waals surface area contributed by atoms with Crippen LogP contribution in [-0.4, -0.2) is 89.8 Å². The van der Waals surface area contributed by atoms with E-state index in [9.17, 15) is 13.2 Å². The molecule has 0 radical (unpaired) electrons. The molecule has 690 valence electrons. The smallest absolute Gasteiger partial charge is 0.247 e. The van der Waals surface area contributed by atoms with Crippen molar-refractivity contribution in [2.24, 2.45) is 42.3 Å². The Morgan fingerprint density at radius 3 is 0.897 bits per heavy atom. The van der Waals surface area contributed by atoms with Crippen LogP contribution in [0.3, 0.4) is 0 Å². The zero-order valence-electron chi connectivity index (χ0n) is 87.8. The monoisotopic (exact) mass is 1830 g/mol. The maximum absolute atomic E-state index is 14.1. The number of halogens is 3. The molecule has 24 nitrogen and oxygen atoms in total. The lowest BCUT2D eigenvalue weighted by atomic mass is 9.96. The lowest BCUT2D eigenvalue weighted by Gasteiger charge is -2.12. The molecule has 0 aliphatic heterocycles. The molecule has 0 aliphatic carbocycles. The highest BCUT2D eigenvalue weighted by Crippen LogP contribution is 2.37. The van der Waals surface area contributed by atoms with Crippen LogP contribution in [0.1, 0.15) is 157 Å². The maximum atomic E-state index is 14.1. The Balaban J connectivity index is 0.000000134. The number of benzene rings is 7. The number of aromatic nitrogens is 24. The van der Waals surface area contributed by atoms with Crippen molar-refractivity contribution in [3.05, 3.63) is 292 Å². The minimum Gasteiger partial charge on any atom is -0.247 e. The zero-order chi connectivity index (χ0) is 102. The SMILES string of the molecule is Cc1cc(C)c(C)c(-c2c3nc(C)c(C)nc3nc[n+]2C)c1.Cc1cc(C)c(C)c(-c2c3nc(C)c(C)nc3nc[n+]2C)c1.Cc1cc(C)c(C)c(-c2c3nc(F)c(F)nc3nc(F)[n+]2C)c1.Cc1cc(C)c(C)c(-c2c3nc4ccccc4nc3nc[n+]2C)c1.[2H]C([2H])([2H])c1n[n+](C)c(-c2cc(C)cc(C)c2C)c2nc(C)c(C)nc12.[2H]c1nc2nc(C)c(C)nc2c(-c2cc(C)cc(C)c2C)[n+]1C. The summed E-state index contributed by atoms with van der Waals surface area (Å²) >= 11 is 0. The summed E-state index contributed by atoms with van der Waals surface area (Å²) in [4.78, 5) is 75.0. The summed E-state index contributed by atoms with van der Waals surface area (Å²) < 4.78 is 83.4. The molecular weight excluding hydrogens is 1700 g/mol. The van der Waals surface area contributed by atoms with E-state index in [2.05, 4.69) is 218 Å². The molecule has 0 bridgehead atoms. The molecule has 136 heavy (non-hydrogen) atoms. The van der Waals surface area contributed by atoms with Crippen LogP contribution >= 0.6 is 0 Å². The first-order chi connectivity index (χ1) is 65.9. The molecule has 0 N–H and O–H groups in total. The van der Waals surface area contributed by atoms with Crippen molar-refractivity contribution in [2.45, 2.75) is 187 Å². The van der Waals surface area contributed by atoms with Gasteiger partial charge in [-0.3, -0.25) is 0 Å². The summed E-state index contributed by atoms with van der Waals surface area (Å²) in [6.45, 7) is 50.6. The standard InChI is InChI=1S/C20H19N4.C19H23N4.3C18H21N4.C16H14F3N4/c1-12-9-13(2)14(3)15(10-12)19-18-20(21-11-24(19)4)23-17-8-6-5-7-16(17)22-18;1-10-8-11(2)12(3)16(9-10)19-18-17(15(6)22-23(19)7)20-13(4)14(5)21-18;3*1-10-7-11(2)12(3)15(8-10)17-16-18(19-9-22(17)6)21-14(5)13(4)20-16;1-7-5-8(2)9(3)10(6-7)12-11-15(22-16(19)23(12)4)21-14(18)13(17)20-11/h5-11H,1-4H3;8-9H,1-7H3;3*7-9H,1-6H3;5-6H,1-4H3/q6*+1/i;6D3;9D;;;. The molecule has 12 aromatic heterocycles. The van der Waals surface area contributed by atoms with Gasteiger partial charge < -0.3 is 0 Å². The van der Waals surface area contributed by atoms with Gasteiger partial charge in [-0.05, 0) is 327 Å². The number of hydrogen-bond donors (Lipinski definition) is 0. The predicted molar refractivity (Wildman–Crippen MR) is 529 cm³/mol. The Morgan fingerprint density at radius 2 is 0.537 bits per heavy atom. The van der Waals surface area contributed by atoms with Gasteiger partial charge in [-0.15, -0.1) is 4.39 Å². The van der Waals surface area contributed by atoms with E-state index in [1.54, 1.807) is 16.3 Å². The molecule has 0 spiro atoms. The highest BCUT2D eigenvalue weighted by atomic mass is 19.2. The molecule has 27 heteroatoms. The lowest BCUT2D eigenvalue weighted by Crippen LogP contribution is -2.38. The quantitative estimate of drug-likeness (QED) is 0.0851. The molecular formula is C109H119F3N24+6. The van der Waals surface area contributed by atoms with Gasteiger partial charge >= 0.3 is 11.7 Å². The van der Waals surface area contributed by atoms with Crippen molar-refractivity contribution in [1.82, 2.24) is 89.8 Å². The third-order valence-corrected chi connectivity index (χ3v) is 25.6. The van der Waals surface area contributed by atoms with Crippen LogP contribution in [0.15, 0.2) is 122 Å². The minimum absolute atomic E-state index is 0.0147. The van der Waals surface area contributed by atoms with E-state index in [0.717, 1.165) is 145 Å².